The smallest absolute Gasteiger partial charge is 0.457 e. The van der Waals surface area contributed by atoms with Gasteiger partial charge in [-0.2, -0.15) is 0 Å². The lowest BCUT2D eigenvalue weighted by molar-refractivity contribution is -0.154. The summed E-state index contributed by atoms with van der Waals surface area (Å²) < 4.78 is 33.3. The van der Waals surface area contributed by atoms with E-state index >= 15 is 0 Å². The van der Waals surface area contributed by atoms with Crippen molar-refractivity contribution in [2.24, 2.45) is 0 Å². The number of hydrogen-bond acceptors (Lipinski definition) is 8. The highest BCUT2D eigenvalue weighted by Gasteiger charge is 2.26. The van der Waals surface area contributed by atoms with Crippen LogP contribution in [0.4, 0.5) is 0 Å². The first kappa shape index (κ1) is 52.9. The summed E-state index contributed by atoms with van der Waals surface area (Å²) >= 11 is 0. The standard InChI is InChI=1S/C44H85O9P/c1-3-5-7-9-11-13-15-16-17-18-19-20-21-22-23-24-25-27-29-31-33-35-37-50-40-43(41-52-54(48,49)51-39-42(46)38-45)53-44(47)36-34-32-30-28-26-14-12-10-8-6-4-2/h10,12,18-19,42-43,45-46H,3-9,11,13-17,20-41H2,1-2H3,(H,48,49)/b12-10-,19-18-. The van der Waals surface area contributed by atoms with Crippen LogP contribution in [0.15, 0.2) is 24.3 Å². The number of carbonyl (C=O) groups excluding carboxylic acids is 1. The highest BCUT2D eigenvalue weighted by molar-refractivity contribution is 7.47. The molecule has 10 heteroatoms. The zero-order chi connectivity index (χ0) is 39.6. The van der Waals surface area contributed by atoms with E-state index in [4.69, 9.17) is 23.6 Å². The summed E-state index contributed by atoms with van der Waals surface area (Å²) in [6.07, 6.45) is 42.9. The van der Waals surface area contributed by atoms with Gasteiger partial charge in [-0.25, -0.2) is 4.57 Å². The fourth-order valence-electron chi connectivity index (χ4n) is 6.16. The largest absolute Gasteiger partial charge is 0.472 e. The van der Waals surface area contributed by atoms with Crippen LogP contribution in [0.2, 0.25) is 0 Å². The van der Waals surface area contributed by atoms with Crippen LogP contribution >= 0.6 is 7.82 Å². The third-order valence-corrected chi connectivity index (χ3v) is 10.6. The van der Waals surface area contributed by atoms with Gasteiger partial charge in [-0.1, -0.05) is 167 Å². The summed E-state index contributed by atoms with van der Waals surface area (Å²) in [6.45, 7) is 3.48. The highest BCUT2D eigenvalue weighted by Crippen LogP contribution is 2.43. The molecule has 320 valence electrons. The van der Waals surface area contributed by atoms with E-state index in [0.29, 0.717) is 6.61 Å². The molecule has 9 nitrogen and oxygen atoms in total. The van der Waals surface area contributed by atoms with E-state index in [1.165, 1.54) is 122 Å². The minimum absolute atomic E-state index is 0.0474. The van der Waals surface area contributed by atoms with Crippen LogP contribution in [0.3, 0.4) is 0 Å². The molecule has 0 aromatic rings. The van der Waals surface area contributed by atoms with Crippen LogP contribution in [0.1, 0.15) is 206 Å². The number of unbranched alkanes of at least 4 members (excludes halogenated alkanes) is 25. The molecule has 0 amide bonds. The van der Waals surface area contributed by atoms with Gasteiger partial charge in [0.05, 0.1) is 26.4 Å². The lowest BCUT2D eigenvalue weighted by Gasteiger charge is -2.20. The van der Waals surface area contributed by atoms with Gasteiger partial charge in [-0.3, -0.25) is 13.8 Å². The van der Waals surface area contributed by atoms with Gasteiger partial charge in [0.2, 0.25) is 0 Å². The molecule has 54 heavy (non-hydrogen) atoms. The van der Waals surface area contributed by atoms with Gasteiger partial charge in [-0.15, -0.1) is 0 Å². The monoisotopic (exact) mass is 789 g/mol. The Morgan fingerprint density at radius 2 is 0.963 bits per heavy atom. The summed E-state index contributed by atoms with van der Waals surface area (Å²) in [5, 5.41) is 18.3. The molecule has 0 saturated carbocycles. The Morgan fingerprint density at radius 1 is 0.556 bits per heavy atom. The molecule has 0 spiro atoms. The van der Waals surface area contributed by atoms with E-state index in [0.717, 1.165) is 64.2 Å². The number of esters is 1. The zero-order valence-corrected chi connectivity index (χ0v) is 35.8. The Bertz CT molecular complexity index is 897. The third-order valence-electron chi connectivity index (χ3n) is 9.61. The Labute approximate surface area is 332 Å². The van der Waals surface area contributed by atoms with Crippen LogP contribution in [0, 0.1) is 0 Å². The summed E-state index contributed by atoms with van der Waals surface area (Å²) in [5.41, 5.74) is 0. The van der Waals surface area contributed by atoms with Crippen LogP contribution in [-0.4, -0.2) is 66.3 Å². The minimum Gasteiger partial charge on any atom is -0.457 e. The topological polar surface area (TPSA) is 132 Å². The molecule has 0 radical (unpaired) electrons. The summed E-state index contributed by atoms with van der Waals surface area (Å²) in [6, 6.07) is 0. The molecule has 3 N–H and O–H groups in total. The SMILES string of the molecule is CCCC/C=C\CCCCCCCC(=O)OC(COCCCCCCCCCCCC/C=C\CCCCCCCCCC)COP(=O)(O)OCC(O)CO. The molecule has 0 saturated heterocycles. The van der Waals surface area contributed by atoms with Crippen molar-refractivity contribution >= 4 is 13.8 Å². The number of aliphatic hydroxyl groups excluding tert-OH is 2. The number of rotatable bonds is 43. The second kappa shape index (κ2) is 41.6. The Morgan fingerprint density at radius 3 is 1.44 bits per heavy atom. The molecular weight excluding hydrogens is 703 g/mol. The van der Waals surface area contributed by atoms with E-state index in [2.05, 4.69) is 38.2 Å². The first-order valence-electron chi connectivity index (χ1n) is 22.3. The Hall–Kier alpha value is -1.06. The lowest BCUT2D eigenvalue weighted by Crippen LogP contribution is -2.29. The van der Waals surface area contributed by atoms with Crippen molar-refractivity contribution in [2.75, 3.05) is 33.0 Å². The van der Waals surface area contributed by atoms with E-state index in [1.807, 2.05) is 0 Å². The average Bonchev–Trinajstić information content (AvgIpc) is 3.16. The normalized spacial score (nSPS) is 14.2. The molecule has 0 heterocycles. The van der Waals surface area contributed by atoms with E-state index in [9.17, 15) is 19.4 Å². The molecule has 0 aromatic carbocycles. The molecule has 0 aromatic heterocycles. The number of allylic oxidation sites excluding steroid dienone is 4. The quantitative estimate of drug-likeness (QED) is 0.0239. The van der Waals surface area contributed by atoms with Gasteiger partial charge in [0.15, 0.2) is 0 Å². The molecule has 0 rings (SSSR count). The van der Waals surface area contributed by atoms with Crippen molar-refractivity contribution in [1.82, 2.24) is 0 Å². The Kier molecular flexibility index (Phi) is 40.8. The van der Waals surface area contributed by atoms with Gasteiger partial charge in [-0.05, 0) is 57.8 Å². The van der Waals surface area contributed by atoms with Gasteiger partial charge >= 0.3 is 13.8 Å². The molecular formula is C44H85O9P. The van der Waals surface area contributed by atoms with Crippen molar-refractivity contribution in [3.8, 4) is 0 Å². The first-order valence-corrected chi connectivity index (χ1v) is 23.8. The average molecular weight is 789 g/mol. The number of phosphoric acid groups is 1. The molecule has 0 aliphatic heterocycles. The molecule has 0 bridgehead atoms. The van der Waals surface area contributed by atoms with Crippen LogP contribution < -0.4 is 0 Å². The molecule has 0 aliphatic rings. The summed E-state index contributed by atoms with van der Waals surface area (Å²) in [5.74, 6) is -0.392. The van der Waals surface area contributed by atoms with Crippen LogP contribution in [0.5, 0.6) is 0 Å². The fraction of sp³-hybridized carbons (Fsp3) is 0.886. The van der Waals surface area contributed by atoms with Gasteiger partial charge in [0.1, 0.15) is 12.2 Å². The summed E-state index contributed by atoms with van der Waals surface area (Å²) in [4.78, 5) is 22.5. The van der Waals surface area contributed by atoms with Crippen molar-refractivity contribution < 1.29 is 43.0 Å². The fourth-order valence-corrected chi connectivity index (χ4v) is 6.94. The third kappa shape index (κ3) is 40.6. The van der Waals surface area contributed by atoms with Crippen molar-refractivity contribution in [3.63, 3.8) is 0 Å². The second-order valence-electron chi connectivity index (χ2n) is 15.1. The number of carbonyl (C=O) groups is 1. The molecule has 0 aliphatic carbocycles. The van der Waals surface area contributed by atoms with Gasteiger partial charge in [0, 0.05) is 13.0 Å². The summed E-state index contributed by atoms with van der Waals surface area (Å²) in [7, 11) is -4.51. The van der Waals surface area contributed by atoms with Crippen molar-refractivity contribution in [1.29, 1.82) is 0 Å². The van der Waals surface area contributed by atoms with Crippen LogP contribution in [-0.2, 0) is 27.9 Å². The predicted octanol–water partition coefficient (Wildman–Crippen LogP) is 12.3. The van der Waals surface area contributed by atoms with Crippen LogP contribution in [0.25, 0.3) is 0 Å². The second-order valence-corrected chi connectivity index (χ2v) is 16.5. The highest BCUT2D eigenvalue weighted by atomic mass is 31.2. The maximum Gasteiger partial charge on any atom is 0.472 e. The number of aliphatic hydroxyl groups is 2. The Balaban J connectivity index is 4.05. The first-order chi connectivity index (χ1) is 26.3. The number of phosphoric ester groups is 1. The van der Waals surface area contributed by atoms with E-state index in [-0.39, 0.29) is 19.6 Å². The predicted molar refractivity (Wildman–Crippen MR) is 224 cm³/mol. The van der Waals surface area contributed by atoms with Crippen molar-refractivity contribution in [2.45, 2.75) is 219 Å². The van der Waals surface area contributed by atoms with Gasteiger partial charge < -0.3 is 24.6 Å². The molecule has 3 unspecified atom stereocenters. The van der Waals surface area contributed by atoms with E-state index < -0.39 is 39.2 Å². The lowest BCUT2D eigenvalue weighted by atomic mass is 10.1. The van der Waals surface area contributed by atoms with Crippen molar-refractivity contribution in [3.05, 3.63) is 24.3 Å². The number of hydrogen-bond donors (Lipinski definition) is 3. The molecule has 0 fully saturated rings. The molecule has 3 atom stereocenters. The zero-order valence-electron chi connectivity index (χ0n) is 35.0. The number of ether oxygens (including phenoxy) is 2. The van der Waals surface area contributed by atoms with Gasteiger partial charge in [0.25, 0.3) is 0 Å². The van der Waals surface area contributed by atoms with E-state index in [1.54, 1.807) is 0 Å². The maximum atomic E-state index is 12.6. The minimum atomic E-state index is -4.51. The maximum absolute atomic E-state index is 12.6.